The molecule has 1 heterocycles. The van der Waals surface area contributed by atoms with Crippen LogP contribution in [0.25, 0.3) is 11.0 Å². The van der Waals surface area contributed by atoms with Crippen molar-refractivity contribution in [1.29, 1.82) is 0 Å². The zero-order valence-electron chi connectivity index (χ0n) is 14.5. The number of rotatable bonds is 6. The maximum absolute atomic E-state index is 12.5. The molecule has 0 aliphatic rings. The summed E-state index contributed by atoms with van der Waals surface area (Å²) in [4.78, 5) is 17.3. The number of carbonyl (C=O) groups excluding carboxylic acids is 1. The van der Waals surface area contributed by atoms with E-state index in [4.69, 9.17) is 4.98 Å². The van der Waals surface area contributed by atoms with Gasteiger partial charge in [0.15, 0.2) is 10.9 Å². The van der Waals surface area contributed by atoms with Crippen molar-refractivity contribution in [1.82, 2.24) is 9.55 Å². The molecule has 0 saturated carbocycles. The van der Waals surface area contributed by atoms with E-state index in [1.165, 1.54) is 17.3 Å². The summed E-state index contributed by atoms with van der Waals surface area (Å²) >= 11 is 5.00. The number of nitrogens with zero attached hydrogens (tertiary/aromatic N) is 2. The molecule has 3 nitrogen and oxygen atoms in total. The Balaban J connectivity index is 1.64. The van der Waals surface area contributed by atoms with Crippen LogP contribution in [-0.4, -0.2) is 21.1 Å². The molecule has 0 saturated heterocycles. The first-order chi connectivity index (χ1) is 13.2. The third-order valence-corrected chi connectivity index (χ3v) is 5.76. The molecule has 3 aromatic carbocycles. The highest BCUT2D eigenvalue weighted by molar-refractivity contribution is 9.10. The molecule has 1 aromatic heterocycles. The van der Waals surface area contributed by atoms with Gasteiger partial charge in [0.05, 0.1) is 23.3 Å². The zero-order chi connectivity index (χ0) is 18.6. The summed E-state index contributed by atoms with van der Waals surface area (Å²) in [5, 5.41) is 0.858. The molecule has 0 fully saturated rings. The summed E-state index contributed by atoms with van der Waals surface area (Å²) in [6, 6.07) is 25.8. The number of carbonyl (C=O) groups is 1. The van der Waals surface area contributed by atoms with E-state index in [1.54, 1.807) is 0 Å². The van der Waals surface area contributed by atoms with Crippen LogP contribution in [0.5, 0.6) is 0 Å². The maximum Gasteiger partial charge on any atom is 0.173 e. The van der Waals surface area contributed by atoms with Gasteiger partial charge in [-0.2, -0.15) is 0 Å². The van der Waals surface area contributed by atoms with Crippen molar-refractivity contribution < 1.29 is 4.79 Å². The summed E-state index contributed by atoms with van der Waals surface area (Å²) in [5.41, 5.74) is 3.93. The number of fused-ring (bicyclic) bond motifs is 1. The Morgan fingerprint density at radius 3 is 2.41 bits per heavy atom. The van der Waals surface area contributed by atoms with Crippen molar-refractivity contribution in [2.45, 2.75) is 11.7 Å². The molecule has 0 atom stereocenters. The molecule has 0 unspecified atom stereocenters. The van der Waals surface area contributed by atoms with Crippen molar-refractivity contribution in [2.24, 2.45) is 0 Å². The van der Waals surface area contributed by atoms with E-state index in [2.05, 4.69) is 38.7 Å². The average Bonchev–Trinajstić information content (AvgIpc) is 3.04. The Morgan fingerprint density at radius 2 is 1.67 bits per heavy atom. The van der Waals surface area contributed by atoms with Gasteiger partial charge in [0.25, 0.3) is 0 Å². The molecule has 4 aromatic rings. The highest BCUT2D eigenvalue weighted by Crippen LogP contribution is 2.28. The van der Waals surface area contributed by atoms with Gasteiger partial charge < -0.3 is 4.57 Å². The number of halogens is 1. The van der Waals surface area contributed by atoms with E-state index in [0.717, 1.165) is 32.8 Å². The average molecular weight is 437 g/mol. The monoisotopic (exact) mass is 436 g/mol. The van der Waals surface area contributed by atoms with Crippen LogP contribution < -0.4 is 0 Å². The third-order valence-electron chi connectivity index (χ3n) is 4.29. The first kappa shape index (κ1) is 18.0. The van der Waals surface area contributed by atoms with Gasteiger partial charge >= 0.3 is 0 Å². The Hall–Kier alpha value is -2.37. The second kappa shape index (κ2) is 8.11. The minimum absolute atomic E-state index is 0.111. The molecule has 5 heteroatoms. The van der Waals surface area contributed by atoms with Crippen LogP contribution in [0.4, 0.5) is 0 Å². The van der Waals surface area contributed by atoms with Crippen LogP contribution in [0.15, 0.2) is 88.5 Å². The van der Waals surface area contributed by atoms with E-state index in [9.17, 15) is 4.79 Å². The first-order valence-corrected chi connectivity index (χ1v) is 10.4. The van der Waals surface area contributed by atoms with Crippen LogP contribution in [-0.2, 0) is 6.54 Å². The van der Waals surface area contributed by atoms with E-state index in [1.807, 2.05) is 60.7 Å². The van der Waals surface area contributed by atoms with E-state index < -0.39 is 0 Å². The van der Waals surface area contributed by atoms with E-state index >= 15 is 0 Å². The normalized spacial score (nSPS) is 11.0. The number of hydrogen-bond donors (Lipinski definition) is 0. The second-order valence-electron chi connectivity index (χ2n) is 6.18. The predicted molar refractivity (Wildman–Crippen MR) is 114 cm³/mol. The highest BCUT2D eigenvalue weighted by Gasteiger charge is 2.14. The Bertz CT molecular complexity index is 1080. The lowest BCUT2D eigenvalue weighted by Crippen LogP contribution is -2.05. The number of aromatic nitrogens is 2. The SMILES string of the molecule is O=C(CSc1nc2cc(Br)ccc2n1Cc1ccccc1)c1ccccc1. The summed E-state index contributed by atoms with van der Waals surface area (Å²) in [6.45, 7) is 0.723. The smallest absolute Gasteiger partial charge is 0.173 e. The predicted octanol–water partition coefficient (Wildman–Crippen LogP) is 5.82. The quantitative estimate of drug-likeness (QED) is 0.282. The van der Waals surface area contributed by atoms with Crippen molar-refractivity contribution in [3.8, 4) is 0 Å². The topological polar surface area (TPSA) is 34.9 Å². The molecular weight excluding hydrogens is 420 g/mol. The van der Waals surface area contributed by atoms with Gasteiger partial charge in [-0.15, -0.1) is 0 Å². The maximum atomic E-state index is 12.5. The van der Waals surface area contributed by atoms with Gasteiger partial charge in [-0.25, -0.2) is 4.98 Å². The van der Waals surface area contributed by atoms with E-state index in [-0.39, 0.29) is 5.78 Å². The minimum Gasteiger partial charge on any atom is -0.314 e. The fourth-order valence-electron chi connectivity index (χ4n) is 2.95. The fourth-order valence-corrected chi connectivity index (χ4v) is 4.20. The van der Waals surface area contributed by atoms with E-state index in [0.29, 0.717) is 5.75 Å². The number of benzene rings is 3. The molecule has 4 rings (SSSR count). The summed E-state index contributed by atoms with van der Waals surface area (Å²) in [6.07, 6.45) is 0. The Morgan fingerprint density at radius 1 is 0.963 bits per heavy atom. The van der Waals surface area contributed by atoms with Crippen LogP contribution in [0.2, 0.25) is 0 Å². The van der Waals surface area contributed by atoms with Gasteiger partial charge in [0.1, 0.15) is 0 Å². The minimum atomic E-state index is 0.111. The van der Waals surface area contributed by atoms with Crippen LogP contribution in [0, 0.1) is 0 Å². The van der Waals surface area contributed by atoms with Crippen LogP contribution in [0.3, 0.4) is 0 Å². The van der Waals surface area contributed by atoms with Gasteiger partial charge in [-0.05, 0) is 23.8 Å². The molecule has 0 aliphatic carbocycles. The number of hydrogen-bond acceptors (Lipinski definition) is 3. The van der Waals surface area contributed by atoms with Gasteiger partial charge in [-0.1, -0.05) is 88.4 Å². The summed E-state index contributed by atoms with van der Waals surface area (Å²) in [5.74, 6) is 0.476. The number of imidazole rings is 1. The lowest BCUT2D eigenvalue weighted by atomic mass is 10.2. The van der Waals surface area contributed by atoms with Crippen LogP contribution >= 0.6 is 27.7 Å². The number of Topliss-reactive ketones (excluding diaryl/α,β-unsaturated/α-hetero) is 1. The largest absolute Gasteiger partial charge is 0.314 e. The number of thioether (sulfide) groups is 1. The fraction of sp³-hybridized carbons (Fsp3) is 0.0909. The van der Waals surface area contributed by atoms with Crippen molar-refractivity contribution >= 4 is 44.5 Å². The molecule has 27 heavy (non-hydrogen) atoms. The molecule has 0 aliphatic heterocycles. The Labute approximate surface area is 170 Å². The zero-order valence-corrected chi connectivity index (χ0v) is 16.9. The Kier molecular flexibility index (Phi) is 5.41. The molecule has 0 spiro atoms. The molecule has 0 radical (unpaired) electrons. The van der Waals surface area contributed by atoms with Crippen molar-refractivity contribution in [2.75, 3.05) is 5.75 Å². The molecule has 0 amide bonds. The van der Waals surface area contributed by atoms with Gasteiger partial charge in [0.2, 0.25) is 0 Å². The summed E-state index contributed by atoms with van der Waals surface area (Å²) < 4.78 is 3.18. The first-order valence-electron chi connectivity index (χ1n) is 8.61. The van der Waals surface area contributed by atoms with Crippen molar-refractivity contribution in [3.05, 3.63) is 94.5 Å². The number of ketones is 1. The van der Waals surface area contributed by atoms with Gasteiger partial charge in [-0.3, -0.25) is 4.79 Å². The lowest BCUT2D eigenvalue weighted by Gasteiger charge is -2.09. The summed E-state index contributed by atoms with van der Waals surface area (Å²) in [7, 11) is 0. The molecule has 134 valence electrons. The van der Waals surface area contributed by atoms with Crippen LogP contribution in [0.1, 0.15) is 15.9 Å². The molecule has 0 N–H and O–H groups in total. The van der Waals surface area contributed by atoms with Gasteiger partial charge in [0, 0.05) is 10.0 Å². The molecule has 0 bridgehead atoms. The van der Waals surface area contributed by atoms with Crippen molar-refractivity contribution in [3.63, 3.8) is 0 Å². The molecular formula is C22H17BrN2OS. The lowest BCUT2D eigenvalue weighted by molar-refractivity contribution is 0.102. The highest BCUT2D eigenvalue weighted by atomic mass is 79.9. The third kappa shape index (κ3) is 4.15. The standard InChI is InChI=1S/C22H17BrN2OS/c23-18-11-12-20-19(13-18)24-22(25(20)14-16-7-3-1-4-8-16)27-15-21(26)17-9-5-2-6-10-17/h1-13H,14-15H2. The second-order valence-corrected chi connectivity index (χ2v) is 8.04.